The first-order valence-electron chi connectivity index (χ1n) is 18.3. The third kappa shape index (κ3) is 11.3. The number of carbonyl (C=O) groups is 2. The van der Waals surface area contributed by atoms with E-state index < -0.39 is 58.9 Å². The minimum atomic E-state index is -2.63. The molecule has 2 aromatic carbocycles. The molecule has 0 aliphatic carbocycles. The van der Waals surface area contributed by atoms with Gasteiger partial charge in [0.05, 0.1) is 31.8 Å². The Balaban J connectivity index is 1.78. The molecule has 0 saturated carbocycles. The Hall–Kier alpha value is -4.00. The summed E-state index contributed by atoms with van der Waals surface area (Å²) in [6.07, 6.45) is -2.19. The molecule has 1 aromatic heterocycles. The smallest absolute Gasteiger partial charge is 0.351 e. The molecule has 1 amide bonds. The Morgan fingerprint density at radius 3 is 2.24 bits per heavy atom. The van der Waals surface area contributed by atoms with Gasteiger partial charge in [-0.3, -0.25) is 9.36 Å². The van der Waals surface area contributed by atoms with Gasteiger partial charge < -0.3 is 33.0 Å². The average molecular weight is 796 g/mol. The first kappa shape index (κ1) is 43.7. The van der Waals surface area contributed by atoms with Gasteiger partial charge in [-0.25, -0.2) is 14.3 Å². The van der Waals surface area contributed by atoms with Gasteiger partial charge in [0.25, 0.3) is 14.4 Å². The van der Waals surface area contributed by atoms with Crippen LogP contribution in [0.25, 0.3) is 0 Å². The lowest BCUT2D eigenvalue weighted by Gasteiger charge is -2.42. The highest BCUT2D eigenvalue weighted by molar-refractivity contribution is 7.44. The molecule has 298 valence electrons. The van der Waals surface area contributed by atoms with Crippen LogP contribution in [0.4, 0.5) is 5.82 Å². The van der Waals surface area contributed by atoms with Crippen molar-refractivity contribution in [1.82, 2.24) is 14.2 Å². The van der Waals surface area contributed by atoms with E-state index in [0.29, 0.717) is 16.9 Å². The SMILES string of the molecule is COc1ccc(C(=O)OC[C@H]2O[C@@H](n3ccc(NC(=O)c4ccccc4)nc3=O)C(O[Si](C)(C)C(C)(C)C)[C@H]2OP(OCCC#N)N(C(C)C)C(C)C)cc1. The van der Waals surface area contributed by atoms with Gasteiger partial charge in [-0.1, -0.05) is 39.0 Å². The molecule has 0 spiro atoms. The summed E-state index contributed by atoms with van der Waals surface area (Å²) in [5.41, 5.74) is 0.0175. The summed E-state index contributed by atoms with van der Waals surface area (Å²) in [7, 11) is -2.91. The highest BCUT2D eigenvalue weighted by atomic mass is 31.2. The lowest BCUT2D eigenvalue weighted by molar-refractivity contribution is -0.0580. The van der Waals surface area contributed by atoms with Gasteiger partial charge in [0.1, 0.15) is 36.5 Å². The van der Waals surface area contributed by atoms with Crippen molar-refractivity contribution in [3.63, 3.8) is 0 Å². The molecular formula is C39H54N5O9PSi. The molecule has 1 aliphatic heterocycles. The maximum absolute atomic E-state index is 13.8. The zero-order valence-electron chi connectivity index (χ0n) is 33.3. The van der Waals surface area contributed by atoms with Gasteiger partial charge in [0.2, 0.25) is 0 Å². The minimum Gasteiger partial charge on any atom is -0.497 e. The van der Waals surface area contributed by atoms with E-state index in [2.05, 4.69) is 54.9 Å². The number of rotatable bonds is 17. The fourth-order valence-electron chi connectivity index (χ4n) is 5.66. The number of methoxy groups -OCH3 is 1. The number of esters is 1. The normalized spacial score (nSPS) is 19.3. The van der Waals surface area contributed by atoms with Crippen LogP contribution >= 0.6 is 8.53 Å². The number of nitriles is 1. The number of aromatic nitrogens is 2. The van der Waals surface area contributed by atoms with Crippen molar-refractivity contribution in [3.8, 4) is 11.8 Å². The van der Waals surface area contributed by atoms with E-state index in [-0.39, 0.29) is 42.6 Å². The Bertz CT molecular complexity index is 1820. The van der Waals surface area contributed by atoms with Crippen LogP contribution in [0, 0.1) is 11.3 Å². The van der Waals surface area contributed by atoms with Crippen molar-refractivity contribution >= 4 is 34.5 Å². The van der Waals surface area contributed by atoms with Crippen LogP contribution in [-0.2, 0) is 22.9 Å². The van der Waals surface area contributed by atoms with Crippen molar-refractivity contribution in [2.45, 2.75) is 110 Å². The number of nitrogens with one attached hydrogen (secondary N) is 1. The van der Waals surface area contributed by atoms with E-state index in [4.69, 9.17) is 27.7 Å². The lowest BCUT2D eigenvalue weighted by Crippen LogP contribution is -2.50. The van der Waals surface area contributed by atoms with Gasteiger partial charge in [0, 0.05) is 23.8 Å². The van der Waals surface area contributed by atoms with Crippen LogP contribution in [0.1, 0.15) is 81.8 Å². The molecule has 4 rings (SSSR count). The molecule has 5 atom stereocenters. The number of ether oxygens (including phenoxy) is 3. The molecule has 14 nitrogen and oxygen atoms in total. The monoisotopic (exact) mass is 795 g/mol. The summed E-state index contributed by atoms with van der Waals surface area (Å²) in [6, 6.07) is 18.8. The second-order valence-electron chi connectivity index (χ2n) is 15.2. The maximum atomic E-state index is 13.8. The maximum Gasteiger partial charge on any atom is 0.351 e. The summed E-state index contributed by atoms with van der Waals surface area (Å²) in [5.74, 6) is -0.358. The summed E-state index contributed by atoms with van der Waals surface area (Å²) < 4.78 is 41.4. The van der Waals surface area contributed by atoms with Crippen molar-refractivity contribution in [1.29, 1.82) is 5.26 Å². The third-order valence-electron chi connectivity index (χ3n) is 9.48. The molecule has 55 heavy (non-hydrogen) atoms. The van der Waals surface area contributed by atoms with Gasteiger partial charge >= 0.3 is 11.7 Å². The molecule has 1 N–H and O–H groups in total. The van der Waals surface area contributed by atoms with Crippen LogP contribution in [0.5, 0.6) is 5.75 Å². The Labute approximate surface area is 326 Å². The van der Waals surface area contributed by atoms with E-state index in [9.17, 15) is 19.6 Å². The Morgan fingerprint density at radius 2 is 1.67 bits per heavy atom. The Morgan fingerprint density at radius 1 is 1.02 bits per heavy atom. The van der Waals surface area contributed by atoms with E-state index >= 15 is 0 Å². The minimum absolute atomic E-state index is 0.0112. The standard InChI is InChI=1S/C39H54N5O9PSi/c1-26(2)44(27(3)4)54(50-24-14-22-40)52-33-31(25-49-37(46)29-17-19-30(48-8)20-18-29)51-36(34(33)53-55(9,10)39(5,6)7)43-23-21-32(42-38(43)47)41-35(45)28-15-12-11-13-16-28/h11-13,15-21,23,26-27,31,33-34,36H,14,24-25H2,1-10H3,(H,41,42,45,47)/t31-,33+,34?,36-,54?/m1/s1. The highest BCUT2D eigenvalue weighted by Crippen LogP contribution is 2.51. The zero-order valence-corrected chi connectivity index (χ0v) is 35.2. The van der Waals surface area contributed by atoms with Crippen molar-refractivity contribution in [2.75, 3.05) is 25.6 Å². The predicted molar refractivity (Wildman–Crippen MR) is 212 cm³/mol. The first-order chi connectivity index (χ1) is 26.0. The van der Waals surface area contributed by atoms with E-state index in [1.807, 2.05) is 27.7 Å². The quantitative estimate of drug-likeness (QED) is 0.0628. The number of amides is 1. The number of hydrogen-bond donors (Lipinski definition) is 1. The molecular weight excluding hydrogens is 742 g/mol. The van der Waals surface area contributed by atoms with Crippen LogP contribution in [0.2, 0.25) is 18.1 Å². The van der Waals surface area contributed by atoms with Crippen molar-refractivity contribution in [3.05, 3.63) is 88.5 Å². The van der Waals surface area contributed by atoms with E-state index in [1.54, 1.807) is 54.6 Å². The number of hydrogen-bond acceptors (Lipinski definition) is 12. The highest BCUT2D eigenvalue weighted by Gasteiger charge is 2.54. The lowest BCUT2D eigenvalue weighted by atomic mass is 10.1. The number of carbonyl (C=O) groups excluding carboxylic acids is 2. The van der Waals surface area contributed by atoms with Gasteiger partial charge in [-0.05, 0) is 88.3 Å². The van der Waals surface area contributed by atoms with Crippen LogP contribution in [0.15, 0.2) is 71.7 Å². The summed E-state index contributed by atoms with van der Waals surface area (Å²) in [4.78, 5) is 44.2. The molecule has 0 radical (unpaired) electrons. The second-order valence-corrected chi connectivity index (χ2v) is 21.3. The molecule has 1 aliphatic rings. The molecule has 0 bridgehead atoms. The van der Waals surface area contributed by atoms with E-state index in [1.165, 1.54) is 23.9 Å². The van der Waals surface area contributed by atoms with Crippen molar-refractivity contribution < 1.29 is 37.3 Å². The fraction of sp³-hybridized carbons (Fsp3) is 0.513. The number of nitrogens with zero attached hydrogens (tertiary/aromatic N) is 4. The Kier molecular flexibility index (Phi) is 15.3. The predicted octanol–water partition coefficient (Wildman–Crippen LogP) is 7.31. The second kappa shape index (κ2) is 19.2. The summed E-state index contributed by atoms with van der Waals surface area (Å²) in [5, 5.41) is 11.8. The van der Waals surface area contributed by atoms with Crippen LogP contribution < -0.4 is 15.7 Å². The fourth-order valence-corrected chi connectivity index (χ4v) is 8.71. The largest absolute Gasteiger partial charge is 0.497 e. The van der Waals surface area contributed by atoms with Crippen LogP contribution in [0.3, 0.4) is 0 Å². The summed E-state index contributed by atoms with van der Waals surface area (Å²) in [6.45, 7) is 18.5. The van der Waals surface area contributed by atoms with Gasteiger partial charge in [-0.15, -0.1) is 0 Å². The molecule has 2 heterocycles. The number of anilines is 1. The molecule has 2 unspecified atom stereocenters. The number of benzene rings is 2. The molecule has 3 aromatic rings. The molecule has 16 heteroatoms. The van der Waals surface area contributed by atoms with Crippen LogP contribution in [-0.4, -0.2) is 85.1 Å². The van der Waals surface area contributed by atoms with Gasteiger partial charge in [0.15, 0.2) is 14.5 Å². The molecule has 1 saturated heterocycles. The summed E-state index contributed by atoms with van der Waals surface area (Å²) >= 11 is 0. The molecule has 1 fully saturated rings. The third-order valence-corrected chi connectivity index (χ3v) is 16.1. The topological polar surface area (TPSA) is 163 Å². The first-order valence-corrected chi connectivity index (χ1v) is 22.4. The average Bonchev–Trinajstić information content (AvgIpc) is 3.45. The zero-order chi connectivity index (χ0) is 40.5. The van der Waals surface area contributed by atoms with Crippen molar-refractivity contribution in [2.24, 2.45) is 0 Å². The van der Waals surface area contributed by atoms with Gasteiger partial charge in [-0.2, -0.15) is 10.2 Å². The van der Waals surface area contributed by atoms with E-state index in [0.717, 1.165) is 0 Å².